The maximum absolute atomic E-state index is 11.2. The summed E-state index contributed by atoms with van der Waals surface area (Å²) in [5.41, 5.74) is 7.96. The number of anilines is 1. The molecule has 0 spiro atoms. The standard InChI is InChI=1S/C11H14ClNO2/c1-3-15-11(14)6-8-5-9(12)7(2)4-10(8)13/h4-5H,3,6,13H2,1-2H3. The maximum atomic E-state index is 11.2. The predicted octanol–water partition coefficient (Wildman–Crippen LogP) is 2.34. The normalized spacial score (nSPS) is 10.1. The van der Waals surface area contributed by atoms with Crippen LogP contribution >= 0.6 is 11.6 Å². The molecule has 0 saturated heterocycles. The van der Waals surface area contributed by atoms with Gasteiger partial charge in [-0.25, -0.2) is 0 Å². The monoisotopic (exact) mass is 227 g/mol. The minimum Gasteiger partial charge on any atom is -0.466 e. The summed E-state index contributed by atoms with van der Waals surface area (Å²) < 4.78 is 4.83. The van der Waals surface area contributed by atoms with Crippen molar-refractivity contribution in [1.82, 2.24) is 0 Å². The molecule has 1 rings (SSSR count). The summed E-state index contributed by atoms with van der Waals surface area (Å²) in [7, 11) is 0. The summed E-state index contributed by atoms with van der Waals surface area (Å²) in [6, 6.07) is 3.47. The van der Waals surface area contributed by atoms with Gasteiger partial charge in [-0.2, -0.15) is 0 Å². The largest absolute Gasteiger partial charge is 0.466 e. The number of carbonyl (C=O) groups excluding carboxylic acids is 1. The Hall–Kier alpha value is -1.22. The summed E-state index contributed by atoms with van der Waals surface area (Å²) in [4.78, 5) is 11.2. The number of carbonyl (C=O) groups is 1. The van der Waals surface area contributed by atoms with Gasteiger partial charge in [-0.15, -0.1) is 0 Å². The molecule has 0 aliphatic carbocycles. The predicted molar refractivity (Wildman–Crippen MR) is 60.9 cm³/mol. The average molecular weight is 228 g/mol. The van der Waals surface area contributed by atoms with Crippen molar-refractivity contribution >= 4 is 23.3 Å². The SMILES string of the molecule is CCOC(=O)Cc1cc(Cl)c(C)cc1N. The lowest BCUT2D eigenvalue weighted by molar-refractivity contribution is -0.142. The summed E-state index contributed by atoms with van der Waals surface area (Å²) in [6.45, 7) is 4.01. The highest BCUT2D eigenvalue weighted by Gasteiger charge is 2.09. The van der Waals surface area contributed by atoms with Crippen LogP contribution < -0.4 is 5.73 Å². The lowest BCUT2D eigenvalue weighted by atomic mass is 10.1. The summed E-state index contributed by atoms with van der Waals surface area (Å²) in [5.74, 6) is -0.288. The molecule has 0 aliphatic heterocycles. The van der Waals surface area contributed by atoms with Crippen molar-refractivity contribution in [2.24, 2.45) is 0 Å². The van der Waals surface area contributed by atoms with E-state index in [0.717, 1.165) is 5.56 Å². The summed E-state index contributed by atoms with van der Waals surface area (Å²) in [5, 5.41) is 0.614. The second kappa shape index (κ2) is 5.03. The Morgan fingerprint density at radius 2 is 2.20 bits per heavy atom. The van der Waals surface area contributed by atoms with Crippen molar-refractivity contribution in [3.63, 3.8) is 0 Å². The molecular weight excluding hydrogens is 214 g/mol. The van der Waals surface area contributed by atoms with Gasteiger partial charge in [0, 0.05) is 10.7 Å². The Morgan fingerprint density at radius 3 is 2.80 bits per heavy atom. The molecule has 0 atom stereocenters. The van der Waals surface area contributed by atoms with Crippen LogP contribution in [0.3, 0.4) is 0 Å². The third-order valence-electron chi connectivity index (χ3n) is 2.06. The maximum Gasteiger partial charge on any atom is 0.310 e. The van der Waals surface area contributed by atoms with E-state index >= 15 is 0 Å². The minimum atomic E-state index is -0.288. The number of ether oxygens (including phenoxy) is 1. The fourth-order valence-corrected chi connectivity index (χ4v) is 1.45. The molecule has 0 radical (unpaired) electrons. The molecule has 82 valence electrons. The number of esters is 1. The van der Waals surface area contributed by atoms with Crippen molar-refractivity contribution < 1.29 is 9.53 Å². The van der Waals surface area contributed by atoms with Gasteiger partial charge in [0.25, 0.3) is 0 Å². The van der Waals surface area contributed by atoms with Gasteiger partial charge < -0.3 is 10.5 Å². The van der Waals surface area contributed by atoms with Gasteiger partial charge in [0.15, 0.2) is 0 Å². The van der Waals surface area contributed by atoms with E-state index in [4.69, 9.17) is 22.1 Å². The lowest BCUT2D eigenvalue weighted by Gasteiger charge is -2.07. The van der Waals surface area contributed by atoms with Crippen LogP contribution in [0, 0.1) is 6.92 Å². The number of nitrogens with two attached hydrogens (primary N) is 1. The molecule has 0 saturated carbocycles. The molecule has 1 aromatic carbocycles. The van der Waals surface area contributed by atoms with E-state index in [1.54, 1.807) is 19.1 Å². The molecule has 4 heteroatoms. The number of nitrogen functional groups attached to an aromatic ring is 1. The van der Waals surface area contributed by atoms with E-state index in [9.17, 15) is 4.79 Å². The number of hydrogen-bond donors (Lipinski definition) is 1. The molecule has 0 aromatic heterocycles. The Bertz CT molecular complexity index is 377. The van der Waals surface area contributed by atoms with E-state index < -0.39 is 0 Å². The first kappa shape index (κ1) is 11.9. The van der Waals surface area contributed by atoms with Crippen LogP contribution in [0.2, 0.25) is 5.02 Å². The Balaban J connectivity index is 2.86. The highest BCUT2D eigenvalue weighted by Crippen LogP contribution is 2.23. The Kier molecular flexibility index (Phi) is 3.97. The molecule has 0 aliphatic rings. The van der Waals surface area contributed by atoms with Gasteiger partial charge in [-0.05, 0) is 37.1 Å². The molecule has 0 unspecified atom stereocenters. The Morgan fingerprint density at radius 1 is 1.53 bits per heavy atom. The number of aryl methyl sites for hydroxylation is 1. The van der Waals surface area contributed by atoms with Gasteiger partial charge >= 0.3 is 5.97 Å². The van der Waals surface area contributed by atoms with Crippen LogP contribution in [0.15, 0.2) is 12.1 Å². The third kappa shape index (κ3) is 3.13. The number of rotatable bonds is 3. The second-order valence-corrected chi connectivity index (χ2v) is 3.69. The zero-order valence-corrected chi connectivity index (χ0v) is 9.60. The van der Waals surface area contributed by atoms with Crippen LogP contribution in [-0.4, -0.2) is 12.6 Å². The number of hydrogen-bond acceptors (Lipinski definition) is 3. The molecule has 0 fully saturated rings. The van der Waals surface area contributed by atoms with Crippen LogP contribution in [0.25, 0.3) is 0 Å². The molecule has 2 N–H and O–H groups in total. The molecule has 15 heavy (non-hydrogen) atoms. The highest BCUT2D eigenvalue weighted by atomic mass is 35.5. The molecule has 0 bridgehead atoms. The van der Waals surface area contributed by atoms with Crippen LogP contribution in [0.4, 0.5) is 5.69 Å². The van der Waals surface area contributed by atoms with E-state index in [2.05, 4.69) is 0 Å². The third-order valence-corrected chi connectivity index (χ3v) is 2.47. The minimum absolute atomic E-state index is 0.166. The smallest absolute Gasteiger partial charge is 0.310 e. The first-order valence-electron chi connectivity index (χ1n) is 4.74. The van der Waals surface area contributed by atoms with Crippen LogP contribution in [-0.2, 0) is 16.0 Å². The fourth-order valence-electron chi connectivity index (χ4n) is 1.27. The van der Waals surface area contributed by atoms with Crippen molar-refractivity contribution in [1.29, 1.82) is 0 Å². The van der Waals surface area contributed by atoms with Gasteiger partial charge in [0.1, 0.15) is 0 Å². The van der Waals surface area contributed by atoms with Gasteiger partial charge in [-0.1, -0.05) is 11.6 Å². The molecular formula is C11H14ClNO2. The van der Waals surface area contributed by atoms with Crippen molar-refractivity contribution in [3.05, 3.63) is 28.3 Å². The van der Waals surface area contributed by atoms with E-state index in [1.807, 2.05) is 6.92 Å². The van der Waals surface area contributed by atoms with E-state index in [-0.39, 0.29) is 12.4 Å². The molecule has 3 nitrogen and oxygen atoms in total. The van der Waals surface area contributed by atoms with Crippen molar-refractivity contribution in [2.75, 3.05) is 12.3 Å². The van der Waals surface area contributed by atoms with E-state index in [1.165, 1.54) is 0 Å². The quantitative estimate of drug-likeness (QED) is 0.637. The van der Waals surface area contributed by atoms with E-state index in [0.29, 0.717) is 22.9 Å². The fraction of sp³-hybridized carbons (Fsp3) is 0.364. The van der Waals surface area contributed by atoms with Crippen molar-refractivity contribution in [3.8, 4) is 0 Å². The van der Waals surface area contributed by atoms with Gasteiger partial charge in [-0.3, -0.25) is 4.79 Å². The molecule has 0 heterocycles. The summed E-state index contributed by atoms with van der Waals surface area (Å²) >= 11 is 5.94. The number of halogens is 1. The topological polar surface area (TPSA) is 52.3 Å². The molecule has 1 aromatic rings. The van der Waals surface area contributed by atoms with Gasteiger partial charge in [0.05, 0.1) is 13.0 Å². The average Bonchev–Trinajstić information content (AvgIpc) is 2.14. The second-order valence-electron chi connectivity index (χ2n) is 3.28. The summed E-state index contributed by atoms with van der Waals surface area (Å²) in [6.07, 6.45) is 0.166. The van der Waals surface area contributed by atoms with Crippen LogP contribution in [0.1, 0.15) is 18.1 Å². The first-order valence-corrected chi connectivity index (χ1v) is 5.12. The zero-order valence-electron chi connectivity index (χ0n) is 8.84. The number of benzene rings is 1. The zero-order chi connectivity index (χ0) is 11.4. The Labute approximate surface area is 94.2 Å². The molecule has 0 amide bonds. The van der Waals surface area contributed by atoms with Crippen LogP contribution in [0.5, 0.6) is 0 Å². The van der Waals surface area contributed by atoms with Crippen molar-refractivity contribution in [2.45, 2.75) is 20.3 Å². The first-order chi connectivity index (χ1) is 7.04. The van der Waals surface area contributed by atoms with Gasteiger partial charge in [0.2, 0.25) is 0 Å². The highest BCUT2D eigenvalue weighted by molar-refractivity contribution is 6.31. The lowest BCUT2D eigenvalue weighted by Crippen LogP contribution is -2.09.